The van der Waals surface area contributed by atoms with E-state index >= 15 is 0 Å². The van der Waals surface area contributed by atoms with Crippen LogP contribution in [0.25, 0.3) is 11.0 Å². The number of aryl methyl sites for hydroxylation is 1. The minimum atomic E-state index is -4.45. The van der Waals surface area contributed by atoms with Crippen LogP contribution in [0.4, 0.5) is 18.9 Å². The van der Waals surface area contributed by atoms with E-state index in [0.29, 0.717) is 22.5 Å². The summed E-state index contributed by atoms with van der Waals surface area (Å²) in [5.74, 6) is -0.0296. The van der Waals surface area contributed by atoms with Gasteiger partial charge in [0.25, 0.3) is 5.91 Å². The van der Waals surface area contributed by atoms with Gasteiger partial charge in [-0.2, -0.15) is 18.3 Å². The number of hydrogen-bond donors (Lipinski definition) is 1. The minimum Gasteiger partial charge on any atom is -0.447 e. The second-order valence-electron chi connectivity index (χ2n) is 6.42. The number of benzene rings is 1. The largest absolute Gasteiger partial charge is 0.447 e. The lowest BCUT2D eigenvalue weighted by atomic mass is 10.1. The first-order valence-corrected chi connectivity index (χ1v) is 8.99. The van der Waals surface area contributed by atoms with E-state index in [-0.39, 0.29) is 22.8 Å². The van der Waals surface area contributed by atoms with Gasteiger partial charge in [0.1, 0.15) is 12.3 Å². The molecule has 0 aliphatic rings. The number of carbonyl (C=O) groups excluding carboxylic acids is 1. The first-order valence-electron chi connectivity index (χ1n) is 8.61. The Balaban J connectivity index is 1.62. The van der Waals surface area contributed by atoms with Crippen molar-refractivity contribution in [2.75, 3.05) is 5.32 Å². The lowest BCUT2D eigenvalue weighted by Crippen LogP contribution is -2.14. The van der Waals surface area contributed by atoms with E-state index in [4.69, 9.17) is 16.0 Å². The van der Waals surface area contributed by atoms with Crippen molar-refractivity contribution in [1.82, 2.24) is 19.7 Å². The molecule has 11 heteroatoms. The Morgan fingerprint density at radius 2 is 1.97 bits per heavy atom. The Hall–Kier alpha value is -3.40. The highest BCUT2D eigenvalue weighted by Gasteiger charge is 2.30. The molecule has 30 heavy (non-hydrogen) atoms. The fraction of sp³-hybridized carbons (Fsp3) is 0.158. The van der Waals surface area contributed by atoms with Crippen molar-refractivity contribution in [2.45, 2.75) is 19.6 Å². The lowest BCUT2D eigenvalue weighted by molar-refractivity contribution is -0.137. The molecule has 0 radical (unpaired) electrons. The molecule has 7 nitrogen and oxygen atoms in total. The number of carbonyl (C=O) groups is 1. The molecule has 0 aliphatic carbocycles. The van der Waals surface area contributed by atoms with Crippen LogP contribution >= 0.6 is 11.6 Å². The zero-order valence-corrected chi connectivity index (χ0v) is 16.1. The van der Waals surface area contributed by atoms with E-state index < -0.39 is 17.6 Å². The molecule has 0 bridgehead atoms. The molecule has 0 saturated carbocycles. The number of oxazole rings is 1. The van der Waals surface area contributed by atoms with Crippen LogP contribution in [0, 0.1) is 6.92 Å². The third kappa shape index (κ3) is 3.73. The molecule has 0 fully saturated rings. The lowest BCUT2D eigenvalue weighted by Gasteiger charge is -2.10. The molecular weight excluding hydrogens is 423 g/mol. The van der Waals surface area contributed by atoms with Gasteiger partial charge in [0.15, 0.2) is 12.0 Å². The second kappa shape index (κ2) is 7.45. The predicted octanol–water partition coefficient (Wildman–Crippen LogP) is 4.70. The molecule has 0 atom stereocenters. The summed E-state index contributed by atoms with van der Waals surface area (Å²) in [6.45, 7) is 2.01. The average molecular weight is 436 g/mol. The molecule has 4 rings (SSSR count). The maximum Gasteiger partial charge on any atom is 0.416 e. The van der Waals surface area contributed by atoms with Gasteiger partial charge in [-0.05, 0) is 31.2 Å². The van der Waals surface area contributed by atoms with Gasteiger partial charge >= 0.3 is 6.18 Å². The summed E-state index contributed by atoms with van der Waals surface area (Å²) >= 11 is 6.45. The SMILES string of the molecule is Cc1nn(Cc2cnco2)c2ncc(C(=O)Nc3ccc(C(F)(F)F)cc3)c(Cl)c12. The van der Waals surface area contributed by atoms with Crippen LogP contribution in [0.15, 0.2) is 47.5 Å². The summed E-state index contributed by atoms with van der Waals surface area (Å²) in [5, 5.41) is 7.55. The molecule has 1 aromatic carbocycles. The number of hydrogen-bond acceptors (Lipinski definition) is 5. The first kappa shape index (κ1) is 19.9. The van der Waals surface area contributed by atoms with Crippen LogP contribution in [0.2, 0.25) is 5.02 Å². The predicted molar refractivity (Wildman–Crippen MR) is 102 cm³/mol. The van der Waals surface area contributed by atoms with Gasteiger partial charge in [-0.1, -0.05) is 11.6 Å². The fourth-order valence-corrected chi connectivity index (χ4v) is 3.31. The molecule has 3 aromatic heterocycles. The number of amides is 1. The zero-order valence-electron chi connectivity index (χ0n) is 15.4. The first-order chi connectivity index (χ1) is 14.2. The highest BCUT2D eigenvalue weighted by atomic mass is 35.5. The summed E-state index contributed by atoms with van der Waals surface area (Å²) < 4.78 is 44.8. The third-order valence-corrected chi connectivity index (χ3v) is 4.77. The van der Waals surface area contributed by atoms with E-state index in [2.05, 4.69) is 20.4 Å². The van der Waals surface area contributed by atoms with E-state index in [1.54, 1.807) is 17.8 Å². The molecule has 1 amide bonds. The zero-order chi connectivity index (χ0) is 21.5. The van der Waals surface area contributed by atoms with Crippen LogP contribution in [-0.4, -0.2) is 25.7 Å². The van der Waals surface area contributed by atoms with Crippen molar-refractivity contribution >= 4 is 34.2 Å². The molecule has 0 spiro atoms. The Morgan fingerprint density at radius 1 is 1.23 bits per heavy atom. The van der Waals surface area contributed by atoms with Crippen molar-refractivity contribution in [2.24, 2.45) is 0 Å². The van der Waals surface area contributed by atoms with E-state index in [0.717, 1.165) is 12.1 Å². The van der Waals surface area contributed by atoms with Crippen molar-refractivity contribution < 1.29 is 22.4 Å². The number of nitrogens with zero attached hydrogens (tertiary/aromatic N) is 4. The number of rotatable bonds is 4. The number of alkyl halides is 3. The van der Waals surface area contributed by atoms with Gasteiger partial charge in [0.05, 0.1) is 33.4 Å². The van der Waals surface area contributed by atoms with Crippen LogP contribution in [0.1, 0.15) is 27.4 Å². The topological polar surface area (TPSA) is 85.8 Å². The van der Waals surface area contributed by atoms with Crippen molar-refractivity contribution in [3.63, 3.8) is 0 Å². The normalized spacial score (nSPS) is 11.8. The summed E-state index contributed by atoms with van der Waals surface area (Å²) in [6, 6.07) is 4.11. The van der Waals surface area contributed by atoms with Gasteiger partial charge in [0, 0.05) is 11.9 Å². The highest BCUT2D eigenvalue weighted by molar-refractivity contribution is 6.39. The molecule has 3 heterocycles. The molecule has 0 aliphatic heterocycles. The molecule has 0 unspecified atom stereocenters. The van der Waals surface area contributed by atoms with Gasteiger partial charge in [0.2, 0.25) is 0 Å². The van der Waals surface area contributed by atoms with E-state index in [1.165, 1.54) is 24.7 Å². The number of halogens is 4. The Labute approximate surface area is 172 Å². The van der Waals surface area contributed by atoms with Gasteiger partial charge in [-0.3, -0.25) is 4.79 Å². The van der Waals surface area contributed by atoms with Crippen LogP contribution in [0.3, 0.4) is 0 Å². The third-order valence-electron chi connectivity index (χ3n) is 4.38. The summed E-state index contributed by atoms with van der Waals surface area (Å²) in [6.07, 6.45) is -0.305. The molecule has 1 N–H and O–H groups in total. The summed E-state index contributed by atoms with van der Waals surface area (Å²) in [5.41, 5.74) is 0.482. The number of fused-ring (bicyclic) bond motifs is 1. The Morgan fingerprint density at radius 3 is 2.60 bits per heavy atom. The number of pyridine rings is 1. The van der Waals surface area contributed by atoms with Crippen molar-refractivity contribution in [3.05, 3.63) is 70.7 Å². The monoisotopic (exact) mass is 435 g/mol. The second-order valence-corrected chi connectivity index (χ2v) is 6.80. The summed E-state index contributed by atoms with van der Waals surface area (Å²) in [7, 11) is 0. The molecule has 0 saturated heterocycles. The molecule has 4 aromatic rings. The molecular formula is C19H13ClF3N5O2. The highest BCUT2D eigenvalue weighted by Crippen LogP contribution is 2.31. The van der Waals surface area contributed by atoms with Crippen LogP contribution < -0.4 is 5.32 Å². The van der Waals surface area contributed by atoms with Gasteiger partial charge in [-0.25, -0.2) is 14.6 Å². The Bertz CT molecular complexity index is 1220. The minimum absolute atomic E-state index is 0.0754. The standard InChI is InChI=1S/C19H13ClF3N5O2/c1-10-15-16(20)14(7-25-17(15)28(27-10)8-13-6-24-9-30-13)18(29)26-12-4-2-11(3-5-12)19(21,22)23/h2-7,9H,8H2,1H3,(H,26,29). The number of anilines is 1. The van der Waals surface area contributed by atoms with Gasteiger partial charge in [-0.15, -0.1) is 0 Å². The summed E-state index contributed by atoms with van der Waals surface area (Å²) in [4.78, 5) is 20.8. The average Bonchev–Trinajstić information content (AvgIpc) is 3.30. The van der Waals surface area contributed by atoms with Crippen molar-refractivity contribution in [3.8, 4) is 0 Å². The number of aromatic nitrogens is 4. The Kier molecular flexibility index (Phi) is 4.94. The van der Waals surface area contributed by atoms with Crippen molar-refractivity contribution in [1.29, 1.82) is 0 Å². The quantitative estimate of drug-likeness (QED) is 0.502. The van der Waals surface area contributed by atoms with E-state index in [1.807, 2.05) is 0 Å². The van der Waals surface area contributed by atoms with Crippen LogP contribution in [0.5, 0.6) is 0 Å². The maximum atomic E-state index is 12.7. The van der Waals surface area contributed by atoms with Crippen LogP contribution in [-0.2, 0) is 12.7 Å². The smallest absolute Gasteiger partial charge is 0.416 e. The fourth-order valence-electron chi connectivity index (χ4n) is 2.95. The number of nitrogens with one attached hydrogen (secondary N) is 1. The molecule has 154 valence electrons. The van der Waals surface area contributed by atoms with Gasteiger partial charge < -0.3 is 9.73 Å². The maximum absolute atomic E-state index is 12.7. The van der Waals surface area contributed by atoms with E-state index in [9.17, 15) is 18.0 Å².